The highest BCUT2D eigenvalue weighted by Crippen LogP contribution is 2.32. The third kappa shape index (κ3) is 5.96. The first-order chi connectivity index (χ1) is 15.1. The van der Waals surface area contributed by atoms with Crippen molar-refractivity contribution < 1.29 is 23.8 Å². The number of hydrogen-bond acceptors (Lipinski definition) is 6. The van der Waals surface area contributed by atoms with Gasteiger partial charge in [0.05, 0.1) is 12.7 Å². The van der Waals surface area contributed by atoms with Crippen LogP contribution >= 0.6 is 15.9 Å². The highest BCUT2D eigenvalue weighted by Gasteiger charge is 2.22. The summed E-state index contributed by atoms with van der Waals surface area (Å²) < 4.78 is 17.8. The largest absolute Gasteiger partial charge is 0.486 e. The highest BCUT2D eigenvalue weighted by atomic mass is 79.9. The summed E-state index contributed by atoms with van der Waals surface area (Å²) in [4.78, 5) is 26.6. The van der Waals surface area contributed by atoms with Crippen LogP contribution in [0.2, 0.25) is 0 Å². The van der Waals surface area contributed by atoms with Gasteiger partial charge in [-0.3, -0.25) is 15.0 Å². The van der Waals surface area contributed by atoms with Crippen LogP contribution in [0.3, 0.4) is 0 Å². The molecule has 1 unspecified atom stereocenters. The Morgan fingerprint density at radius 1 is 1.03 bits per heavy atom. The predicted octanol–water partition coefficient (Wildman–Crippen LogP) is 3.33. The number of nitrogens with zero attached hydrogens (tertiary/aromatic N) is 1. The van der Waals surface area contributed by atoms with E-state index in [1.807, 2.05) is 24.3 Å². The fraction of sp³-hybridized carbons (Fsp3) is 0.364. The number of rotatable bonds is 5. The molecular formula is C22H24BrN3O5. The van der Waals surface area contributed by atoms with E-state index in [1.54, 1.807) is 18.2 Å². The number of anilines is 1. The second kappa shape index (κ2) is 10.1. The maximum Gasteiger partial charge on any atom is 0.325 e. The van der Waals surface area contributed by atoms with Crippen molar-refractivity contribution in [1.82, 2.24) is 10.2 Å². The Morgan fingerprint density at radius 3 is 2.61 bits per heavy atom. The van der Waals surface area contributed by atoms with Crippen molar-refractivity contribution in [3.8, 4) is 11.5 Å². The van der Waals surface area contributed by atoms with Gasteiger partial charge in [-0.2, -0.15) is 0 Å². The molecule has 0 aromatic heterocycles. The molecule has 4 rings (SSSR count). The van der Waals surface area contributed by atoms with E-state index in [-0.39, 0.29) is 18.4 Å². The van der Waals surface area contributed by atoms with Crippen molar-refractivity contribution in [3.05, 3.63) is 52.5 Å². The van der Waals surface area contributed by atoms with E-state index >= 15 is 0 Å². The summed E-state index contributed by atoms with van der Waals surface area (Å²) in [5.74, 6) is 0.880. The molecule has 2 aliphatic heterocycles. The van der Waals surface area contributed by atoms with Crippen LogP contribution in [0, 0.1) is 0 Å². The smallest absolute Gasteiger partial charge is 0.325 e. The number of ether oxygens (including phenoxy) is 3. The molecule has 164 valence electrons. The van der Waals surface area contributed by atoms with Crippen LogP contribution in [0.25, 0.3) is 0 Å². The molecule has 1 fully saturated rings. The van der Waals surface area contributed by atoms with Gasteiger partial charge in [0.25, 0.3) is 0 Å². The van der Waals surface area contributed by atoms with Crippen LogP contribution in [-0.4, -0.2) is 56.3 Å². The Balaban J connectivity index is 1.22. The molecule has 2 aromatic carbocycles. The lowest BCUT2D eigenvalue weighted by Crippen LogP contribution is -2.41. The van der Waals surface area contributed by atoms with Crippen LogP contribution in [-0.2, 0) is 9.53 Å². The SMILES string of the molecule is O=C(CCN1CCOC(c2ccc(Br)cc2)C1)NC(=O)Nc1ccc2c(c1)OCCO2. The molecule has 8 nitrogen and oxygen atoms in total. The first kappa shape index (κ1) is 21.6. The van der Waals surface area contributed by atoms with E-state index in [4.69, 9.17) is 14.2 Å². The van der Waals surface area contributed by atoms with Gasteiger partial charge in [0.1, 0.15) is 13.2 Å². The van der Waals surface area contributed by atoms with E-state index < -0.39 is 6.03 Å². The number of urea groups is 1. The van der Waals surface area contributed by atoms with Gasteiger partial charge in [-0.15, -0.1) is 0 Å². The summed E-state index contributed by atoms with van der Waals surface area (Å²) >= 11 is 3.44. The summed E-state index contributed by atoms with van der Waals surface area (Å²) in [7, 11) is 0. The predicted molar refractivity (Wildman–Crippen MR) is 118 cm³/mol. The lowest BCUT2D eigenvalue weighted by molar-refractivity contribution is -0.120. The molecule has 2 heterocycles. The van der Waals surface area contributed by atoms with Crippen molar-refractivity contribution >= 4 is 33.6 Å². The minimum Gasteiger partial charge on any atom is -0.486 e. The minimum atomic E-state index is -0.573. The fourth-order valence-electron chi connectivity index (χ4n) is 3.52. The van der Waals surface area contributed by atoms with Crippen molar-refractivity contribution in [3.63, 3.8) is 0 Å². The van der Waals surface area contributed by atoms with E-state index in [0.717, 1.165) is 16.6 Å². The van der Waals surface area contributed by atoms with Crippen LogP contribution in [0.15, 0.2) is 46.9 Å². The molecule has 31 heavy (non-hydrogen) atoms. The van der Waals surface area contributed by atoms with Gasteiger partial charge < -0.3 is 19.5 Å². The second-order valence-corrected chi connectivity index (χ2v) is 8.24. The van der Waals surface area contributed by atoms with Gasteiger partial charge in [0, 0.05) is 42.3 Å². The molecule has 1 atom stereocenters. The van der Waals surface area contributed by atoms with Crippen LogP contribution in [0.4, 0.5) is 10.5 Å². The minimum absolute atomic E-state index is 0.0246. The second-order valence-electron chi connectivity index (χ2n) is 7.32. The maximum atomic E-state index is 12.2. The van der Waals surface area contributed by atoms with Crippen molar-refractivity contribution in [1.29, 1.82) is 0 Å². The Kier molecular flexibility index (Phi) is 7.06. The first-order valence-electron chi connectivity index (χ1n) is 10.2. The van der Waals surface area contributed by atoms with E-state index in [9.17, 15) is 9.59 Å². The Hall–Kier alpha value is -2.62. The average Bonchev–Trinajstić information content (AvgIpc) is 2.78. The molecule has 0 bridgehead atoms. The number of morpholine rings is 1. The van der Waals surface area contributed by atoms with E-state index in [2.05, 4.69) is 31.5 Å². The van der Waals surface area contributed by atoms with Gasteiger partial charge in [0.15, 0.2) is 11.5 Å². The number of amides is 3. The maximum absolute atomic E-state index is 12.2. The summed E-state index contributed by atoms with van der Waals surface area (Å²) in [6, 6.07) is 12.6. The molecule has 0 saturated carbocycles. The summed E-state index contributed by atoms with van der Waals surface area (Å²) in [6.07, 6.45) is 0.199. The number of carbonyl (C=O) groups is 2. The Bertz CT molecular complexity index is 937. The molecule has 9 heteroatoms. The summed E-state index contributed by atoms with van der Waals surface area (Å²) in [6.45, 7) is 3.58. The first-order valence-corrected chi connectivity index (χ1v) is 11.0. The fourth-order valence-corrected chi connectivity index (χ4v) is 3.78. The van der Waals surface area contributed by atoms with Crippen LogP contribution in [0.1, 0.15) is 18.1 Å². The molecule has 1 saturated heterocycles. The molecular weight excluding hydrogens is 466 g/mol. The zero-order valence-electron chi connectivity index (χ0n) is 16.9. The van der Waals surface area contributed by atoms with Gasteiger partial charge in [-0.05, 0) is 29.8 Å². The number of imide groups is 1. The molecule has 0 radical (unpaired) electrons. The quantitative estimate of drug-likeness (QED) is 0.669. The van der Waals surface area contributed by atoms with Crippen molar-refractivity contribution in [2.24, 2.45) is 0 Å². The van der Waals surface area contributed by atoms with Crippen molar-refractivity contribution in [2.45, 2.75) is 12.5 Å². The van der Waals surface area contributed by atoms with Gasteiger partial charge in [-0.1, -0.05) is 28.1 Å². The number of carbonyl (C=O) groups excluding carboxylic acids is 2. The molecule has 0 spiro atoms. The molecule has 2 aromatic rings. The lowest BCUT2D eigenvalue weighted by atomic mass is 10.1. The number of benzene rings is 2. The van der Waals surface area contributed by atoms with Gasteiger partial charge in [-0.25, -0.2) is 4.79 Å². The van der Waals surface area contributed by atoms with Gasteiger partial charge >= 0.3 is 6.03 Å². The number of hydrogen-bond donors (Lipinski definition) is 2. The number of nitrogens with one attached hydrogen (secondary N) is 2. The average molecular weight is 490 g/mol. The van der Waals surface area contributed by atoms with Gasteiger partial charge in [0.2, 0.25) is 5.91 Å². The molecule has 3 amide bonds. The van der Waals surface area contributed by atoms with Crippen LogP contribution in [0.5, 0.6) is 11.5 Å². The lowest BCUT2D eigenvalue weighted by Gasteiger charge is -2.33. The zero-order chi connectivity index (χ0) is 21.6. The third-order valence-electron chi connectivity index (χ3n) is 5.10. The van der Waals surface area contributed by atoms with Crippen molar-refractivity contribution in [2.75, 3.05) is 44.8 Å². The van der Waals surface area contributed by atoms with E-state index in [0.29, 0.717) is 50.1 Å². The molecule has 2 N–H and O–H groups in total. The summed E-state index contributed by atoms with van der Waals surface area (Å²) in [5, 5.41) is 5.02. The normalized spacial score (nSPS) is 18.3. The molecule has 0 aliphatic carbocycles. The molecule has 2 aliphatic rings. The Labute approximate surface area is 189 Å². The van der Waals surface area contributed by atoms with Crippen LogP contribution < -0.4 is 20.1 Å². The highest BCUT2D eigenvalue weighted by molar-refractivity contribution is 9.10. The topological polar surface area (TPSA) is 89.1 Å². The zero-order valence-corrected chi connectivity index (χ0v) is 18.5. The standard InChI is InChI=1S/C22H24BrN3O5/c23-16-3-1-15(2-4-16)20-14-26(9-10-29-20)8-7-21(27)25-22(28)24-17-5-6-18-19(13-17)31-12-11-30-18/h1-6,13,20H,7-12,14H2,(H2,24,25,27,28). The summed E-state index contributed by atoms with van der Waals surface area (Å²) in [5.41, 5.74) is 1.64. The number of fused-ring (bicyclic) bond motifs is 1. The monoisotopic (exact) mass is 489 g/mol. The van der Waals surface area contributed by atoms with E-state index in [1.165, 1.54) is 0 Å². The Morgan fingerprint density at radius 2 is 1.81 bits per heavy atom. The third-order valence-corrected chi connectivity index (χ3v) is 5.63. The number of halogens is 1.